The Morgan fingerprint density at radius 2 is 2.14 bits per heavy atom. The Morgan fingerprint density at radius 1 is 1.43 bits per heavy atom. The molecule has 8 heteroatoms. The lowest BCUT2D eigenvalue weighted by Gasteiger charge is -2.23. The molecule has 2 aromatic rings. The van der Waals surface area contributed by atoms with Gasteiger partial charge in [-0.2, -0.15) is 4.72 Å². The van der Waals surface area contributed by atoms with E-state index >= 15 is 0 Å². The molecule has 0 aliphatic carbocycles. The smallest absolute Gasteiger partial charge is 0.241 e. The zero-order valence-electron chi connectivity index (χ0n) is 11.6. The molecule has 0 unspecified atom stereocenters. The number of aromatic nitrogens is 1. The van der Waals surface area contributed by atoms with E-state index in [9.17, 15) is 12.8 Å². The molecule has 0 aliphatic rings. The molecule has 0 spiro atoms. The van der Waals surface area contributed by atoms with E-state index in [-0.39, 0.29) is 17.0 Å². The third-order valence-electron chi connectivity index (χ3n) is 2.90. The van der Waals surface area contributed by atoms with Gasteiger partial charge in [0.25, 0.3) is 0 Å². The maximum atomic E-state index is 13.4. The predicted octanol–water partition coefficient (Wildman–Crippen LogP) is 1.95. The van der Waals surface area contributed by atoms with Crippen LogP contribution in [0.25, 0.3) is 0 Å². The SMILES string of the molecule is CC(C)(NS(=O)(=O)c1ccc(F)c(CN)c1)c1nccs1. The highest BCUT2D eigenvalue weighted by Gasteiger charge is 2.30. The van der Waals surface area contributed by atoms with E-state index in [1.807, 2.05) is 0 Å². The first-order chi connectivity index (χ1) is 9.76. The number of nitrogens with zero attached hydrogens (tertiary/aromatic N) is 1. The summed E-state index contributed by atoms with van der Waals surface area (Å²) in [5.74, 6) is -0.518. The van der Waals surface area contributed by atoms with Gasteiger partial charge in [0.15, 0.2) is 0 Å². The molecule has 0 radical (unpaired) electrons. The topological polar surface area (TPSA) is 85.1 Å². The number of hydrogen-bond acceptors (Lipinski definition) is 5. The third kappa shape index (κ3) is 3.46. The minimum absolute atomic E-state index is 0.0195. The van der Waals surface area contributed by atoms with Crippen molar-refractivity contribution in [1.29, 1.82) is 0 Å². The molecule has 5 nitrogen and oxygen atoms in total. The maximum Gasteiger partial charge on any atom is 0.241 e. The molecule has 21 heavy (non-hydrogen) atoms. The van der Waals surface area contributed by atoms with E-state index < -0.39 is 21.4 Å². The highest BCUT2D eigenvalue weighted by atomic mass is 32.2. The lowest BCUT2D eigenvalue weighted by atomic mass is 10.1. The van der Waals surface area contributed by atoms with E-state index in [1.54, 1.807) is 25.4 Å². The monoisotopic (exact) mass is 329 g/mol. The Labute approximate surface area is 127 Å². The van der Waals surface area contributed by atoms with Crippen molar-refractivity contribution in [3.8, 4) is 0 Å². The fourth-order valence-corrected chi connectivity index (χ4v) is 4.06. The van der Waals surface area contributed by atoms with Crippen LogP contribution in [0.4, 0.5) is 4.39 Å². The predicted molar refractivity (Wildman–Crippen MR) is 79.8 cm³/mol. The highest BCUT2D eigenvalue weighted by molar-refractivity contribution is 7.89. The largest absolute Gasteiger partial charge is 0.326 e. The van der Waals surface area contributed by atoms with Crippen molar-refractivity contribution in [2.75, 3.05) is 0 Å². The molecule has 0 amide bonds. The first kappa shape index (κ1) is 16.0. The Balaban J connectivity index is 2.35. The lowest BCUT2D eigenvalue weighted by Crippen LogP contribution is -2.40. The second-order valence-electron chi connectivity index (χ2n) is 5.03. The van der Waals surface area contributed by atoms with Gasteiger partial charge in [0.05, 0.1) is 10.4 Å². The van der Waals surface area contributed by atoms with Crippen molar-refractivity contribution >= 4 is 21.4 Å². The molecular weight excluding hydrogens is 313 g/mol. The Morgan fingerprint density at radius 3 is 2.71 bits per heavy atom. The van der Waals surface area contributed by atoms with Crippen molar-refractivity contribution in [2.24, 2.45) is 5.73 Å². The summed E-state index contributed by atoms with van der Waals surface area (Å²) in [6.07, 6.45) is 1.61. The molecule has 1 aromatic carbocycles. The maximum absolute atomic E-state index is 13.4. The second-order valence-corrected chi connectivity index (χ2v) is 7.60. The third-order valence-corrected chi connectivity index (χ3v) is 5.65. The van der Waals surface area contributed by atoms with Crippen LogP contribution in [0.5, 0.6) is 0 Å². The highest BCUT2D eigenvalue weighted by Crippen LogP contribution is 2.25. The Bertz CT molecular complexity index is 728. The van der Waals surface area contributed by atoms with Crippen LogP contribution >= 0.6 is 11.3 Å². The lowest BCUT2D eigenvalue weighted by molar-refractivity contribution is 0.469. The van der Waals surface area contributed by atoms with Gasteiger partial charge in [0.2, 0.25) is 10.0 Å². The van der Waals surface area contributed by atoms with Crippen molar-refractivity contribution in [1.82, 2.24) is 9.71 Å². The number of nitrogens with two attached hydrogens (primary N) is 1. The van der Waals surface area contributed by atoms with Gasteiger partial charge in [0.1, 0.15) is 10.8 Å². The minimum Gasteiger partial charge on any atom is -0.326 e. The van der Waals surface area contributed by atoms with Crippen LogP contribution in [-0.2, 0) is 22.1 Å². The number of nitrogens with one attached hydrogen (secondary N) is 1. The molecule has 0 bridgehead atoms. The van der Waals surface area contributed by atoms with Crippen molar-refractivity contribution in [3.63, 3.8) is 0 Å². The Hall–Kier alpha value is -1.35. The van der Waals surface area contributed by atoms with Crippen molar-refractivity contribution < 1.29 is 12.8 Å². The fraction of sp³-hybridized carbons (Fsp3) is 0.308. The van der Waals surface area contributed by atoms with E-state index in [4.69, 9.17) is 5.73 Å². The number of rotatable bonds is 5. The van der Waals surface area contributed by atoms with Gasteiger partial charge in [-0.25, -0.2) is 17.8 Å². The van der Waals surface area contributed by atoms with Crippen LogP contribution in [0.3, 0.4) is 0 Å². The van der Waals surface area contributed by atoms with Gasteiger partial charge < -0.3 is 5.73 Å². The standard InChI is InChI=1S/C13H16FN3O2S2/c1-13(2,12-16-5-6-20-12)17-21(18,19)10-3-4-11(14)9(7-10)8-15/h3-7,17H,8,15H2,1-2H3. The van der Waals surface area contributed by atoms with Crippen LogP contribution in [0.2, 0.25) is 0 Å². The molecule has 1 heterocycles. The van der Waals surface area contributed by atoms with E-state index in [0.29, 0.717) is 5.01 Å². The summed E-state index contributed by atoms with van der Waals surface area (Å²) < 4.78 is 40.8. The average Bonchev–Trinajstić information content (AvgIpc) is 2.92. The number of benzene rings is 1. The van der Waals surface area contributed by atoms with E-state index in [0.717, 1.165) is 6.07 Å². The molecule has 1 aromatic heterocycles. The van der Waals surface area contributed by atoms with Gasteiger partial charge in [-0.1, -0.05) is 0 Å². The van der Waals surface area contributed by atoms with E-state index in [1.165, 1.54) is 23.5 Å². The summed E-state index contributed by atoms with van der Waals surface area (Å²) in [4.78, 5) is 4.11. The molecule has 2 rings (SSSR count). The van der Waals surface area contributed by atoms with Gasteiger partial charge in [-0.15, -0.1) is 11.3 Å². The summed E-state index contributed by atoms with van der Waals surface area (Å²) >= 11 is 1.36. The molecule has 0 atom stereocenters. The summed E-state index contributed by atoms with van der Waals surface area (Å²) in [6.45, 7) is 3.37. The quantitative estimate of drug-likeness (QED) is 0.878. The Kier molecular flexibility index (Phi) is 4.43. The number of hydrogen-bond donors (Lipinski definition) is 2. The first-order valence-electron chi connectivity index (χ1n) is 6.19. The molecule has 0 saturated heterocycles. The van der Waals surface area contributed by atoms with Gasteiger partial charge in [-0.05, 0) is 32.0 Å². The van der Waals surface area contributed by atoms with Gasteiger partial charge in [0, 0.05) is 23.7 Å². The summed E-state index contributed by atoms with van der Waals surface area (Å²) in [5.41, 5.74) is 4.70. The zero-order valence-corrected chi connectivity index (χ0v) is 13.3. The number of sulfonamides is 1. The molecule has 114 valence electrons. The molecule has 0 saturated carbocycles. The number of halogens is 1. The molecule has 0 fully saturated rings. The van der Waals surface area contributed by atoms with Crippen LogP contribution in [0.15, 0.2) is 34.7 Å². The summed E-state index contributed by atoms with van der Waals surface area (Å²) in [5, 5.41) is 2.42. The minimum atomic E-state index is -3.80. The number of thiazole rings is 1. The molecule has 0 aliphatic heterocycles. The van der Waals surface area contributed by atoms with E-state index in [2.05, 4.69) is 9.71 Å². The van der Waals surface area contributed by atoms with Crippen LogP contribution in [0, 0.1) is 5.82 Å². The summed E-state index contributed by atoms with van der Waals surface area (Å²) in [6, 6.07) is 3.57. The van der Waals surface area contributed by atoms with Gasteiger partial charge >= 0.3 is 0 Å². The van der Waals surface area contributed by atoms with Crippen molar-refractivity contribution in [2.45, 2.75) is 30.8 Å². The zero-order chi connectivity index (χ0) is 15.7. The fourth-order valence-electron chi connectivity index (χ4n) is 1.85. The average molecular weight is 329 g/mol. The first-order valence-corrected chi connectivity index (χ1v) is 8.55. The summed E-state index contributed by atoms with van der Waals surface area (Å²) in [7, 11) is -3.80. The normalized spacial score (nSPS) is 12.6. The second kappa shape index (κ2) is 5.80. The van der Waals surface area contributed by atoms with Gasteiger partial charge in [-0.3, -0.25) is 0 Å². The van der Waals surface area contributed by atoms with Crippen LogP contribution < -0.4 is 10.5 Å². The molecule has 3 N–H and O–H groups in total. The van der Waals surface area contributed by atoms with Crippen LogP contribution in [-0.4, -0.2) is 13.4 Å². The molecular formula is C13H16FN3O2S2. The van der Waals surface area contributed by atoms with Crippen molar-refractivity contribution in [3.05, 3.63) is 46.2 Å². The van der Waals surface area contributed by atoms with Crippen LogP contribution in [0.1, 0.15) is 24.4 Å².